The Bertz CT molecular complexity index is 368. The second-order valence-corrected chi connectivity index (χ2v) is 5.61. The quantitative estimate of drug-likeness (QED) is 0.906. The summed E-state index contributed by atoms with van der Waals surface area (Å²) in [6.07, 6.45) is 0. The van der Waals surface area contributed by atoms with Gasteiger partial charge in [-0.15, -0.1) is 0 Å². The molecule has 0 heterocycles. The lowest BCUT2D eigenvalue weighted by Gasteiger charge is -2.30. The molecule has 2 N–H and O–H groups in total. The van der Waals surface area contributed by atoms with Gasteiger partial charge >= 0.3 is 0 Å². The van der Waals surface area contributed by atoms with E-state index in [1.807, 2.05) is 13.1 Å². The Hall–Kier alpha value is -0.450. The van der Waals surface area contributed by atoms with E-state index in [1.165, 1.54) is 6.07 Å². The molecular weight excluding hydrogens is 283 g/mol. The zero-order valence-corrected chi connectivity index (χ0v) is 12.2. The van der Waals surface area contributed by atoms with Crippen LogP contribution in [0.15, 0.2) is 22.7 Å². The molecule has 1 atom stereocenters. The molecule has 1 rings (SSSR count). The van der Waals surface area contributed by atoms with Crippen molar-refractivity contribution in [2.75, 3.05) is 13.6 Å². The first-order valence-electron chi connectivity index (χ1n) is 5.80. The van der Waals surface area contributed by atoms with Crippen molar-refractivity contribution in [1.29, 1.82) is 0 Å². The fourth-order valence-corrected chi connectivity index (χ4v) is 2.42. The molecule has 2 nitrogen and oxygen atoms in total. The number of likely N-dealkylation sites (N-methyl/N-ethyl adjacent to an activating group) is 1. The molecule has 0 radical (unpaired) electrons. The summed E-state index contributed by atoms with van der Waals surface area (Å²) in [6.45, 7) is 5.42. The molecule has 0 aromatic heterocycles. The minimum Gasteiger partial charge on any atom is -0.329 e. The fraction of sp³-hybridized carbons (Fsp3) is 0.538. The predicted octanol–water partition coefficient (Wildman–Crippen LogP) is 3.00. The third kappa shape index (κ3) is 4.05. The van der Waals surface area contributed by atoms with Gasteiger partial charge in [-0.3, -0.25) is 4.90 Å². The highest BCUT2D eigenvalue weighted by Gasteiger charge is 2.18. The van der Waals surface area contributed by atoms with Crippen molar-refractivity contribution < 1.29 is 4.39 Å². The van der Waals surface area contributed by atoms with Crippen LogP contribution in [-0.4, -0.2) is 24.5 Å². The number of nitrogens with zero attached hydrogens (tertiary/aromatic N) is 1. The number of nitrogens with two attached hydrogens (primary N) is 1. The van der Waals surface area contributed by atoms with Gasteiger partial charge in [0.1, 0.15) is 5.82 Å². The molecule has 96 valence electrons. The molecule has 1 aromatic carbocycles. The molecular formula is C13H20BrFN2. The van der Waals surface area contributed by atoms with Crippen LogP contribution >= 0.6 is 15.9 Å². The van der Waals surface area contributed by atoms with Crippen LogP contribution in [0.2, 0.25) is 0 Å². The summed E-state index contributed by atoms with van der Waals surface area (Å²) in [5.74, 6) is 0.291. The van der Waals surface area contributed by atoms with Gasteiger partial charge in [0.05, 0.1) is 0 Å². The highest BCUT2D eigenvalue weighted by Crippen LogP contribution is 2.18. The van der Waals surface area contributed by atoms with Gasteiger partial charge in [-0.1, -0.05) is 29.8 Å². The lowest BCUT2D eigenvalue weighted by Crippen LogP contribution is -2.41. The smallest absolute Gasteiger partial charge is 0.127 e. The maximum Gasteiger partial charge on any atom is 0.127 e. The lowest BCUT2D eigenvalue weighted by molar-refractivity contribution is 0.188. The van der Waals surface area contributed by atoms with Crippen molar-refractivity contribution in [2.45, 2.75) is 26.4 Å². The zero-order chi connectivity index (χ0) is 13.0. The van der Waals surface area contributed by atoms with Crippen molar-refractivity contribution in [1.82, 2.24) is 4.90 Å². The average molecular weight is 303 g/mol. The Kier molecular flexibility index (Phi) is 5.56. The van der Waals surface area contributed by atoms with Crippen LogP contribution in [0.25, 0.3) is 0 Å². The first kappa shape index (κ1) is 14.6. The van der Waals surface area contributed by atoms with Crippen LogP contribution in [-0.2, 0) is 6.54 Å². The summed E-state index contributed by atoms with van der Waals surface area (Å²) in [5.41, 5.74) is 6.45. The SMILES string of the molecule is CC(C)C(CN)N(C)Cc1cc(Br)ccc1F. The molecule has 0 aliphatic heterocycles. The summed E-state index contributed by atoms with van der Waals surface area (Å²) in [6, 6.07) is 5.29. The number of hydrogen-bond acceptors (Lipinski definition) is 2. The van der Waals surface area contributed by atoms with Crippen LogP contribution in [0.3, 0.4) is 0 Å². The topological polar surface area (TPSA) is 29.3 Å². The number of benzene rings is 1. The van der Waals surface area contributed by atoms with Gasteiger partial charge in [0, 0.05) is 29.2 Å². The van der Waals surface area contributed by atoms with Gasteiger partial charge in [-0.2, -0.15) is 0 Å². The number of hydrogen-bond donors (Lipinski definition) is 1. The predicted molar refractivity (Wildman–Crippen MR) is 73.2 cm³/mol. The van der Waals surface area contributed by atoms with Gasteiger partial charge in [0.2, 0.25) is 0 Å². The molecule has 0 aliphatic carbocycles. The van der Waals surface area contributed by atoms with Crippen molar-refractivity contribution in [2.24, 2.45) is 11.7 Å². The largest absolute Gasteiger partial charge is 0.329 e. The number of halogens is 2. The van der Waals surface area contributed by atoms with Crippen LogP contribution < -0.4 is 5.73 Å². The summed E-state index contributed by atoms with van der Waals surface area (Å²) in [7, 11) is 1.98. The van der Waals surface area contributed by atoms with Gasteiger partial charge in [0.15, 0.2) is 0 Å². The first-order chi connectivity index (χ1) is 7.95. The van der Waals surface area contributed by atoms with E-state index in [-0.39, 0.29) is 11.9 Å². The third-order valence-corrected chi connectivity index (χ3v) is 3.50. The van der Waals surface area contributed by atoms with E-state index in [9.17, 15) is 4.39 Å². The summed E-state index contributed by atoms with van der Waals surface area (Å²) < 4.78 is 14.5. The highest BCUT2D eigenvalue weighted by atomic mass is 79.9. The van der Waals surface area contributed by atoms with E-state index >= 15 is 0 Å². The van der Waals surface area contributed by atoms with E-state index < -0.39 is 0 Å². The molecule has 0 saturated carbocycles. The summed E-state index contributed by atoms with van der Waals surface area (Å²) in [4.78, 5) is 2.11. The lowest BCUT2D eigenvalue weighted by atomic mass is 10.0. The first-order valence-corrected chi connectivity index (χ1v) is 6.59. The molecule has 1 aromatic rings. The Balaban J connectivity index is 2.79. The van der Waals surface area contributed by atoms with Crippen molar-refractivity contribution >= 4 is 15.9 Å². The van der Waals surface area contributed by atoms with Crippen LogP contribution in [0.5, 0.6) is 0 Å². The molecule has 4 heteroatoms. The molecule has 0 saturated heterocycles. The molecule has 1 unspecified atom stereocenters. The van der Waals surface area contributed by atoms with E-state index in [0.29, 0.717) is 24.6 Å². The van der Waals surface area contributed by atoms with Gasteiger partial charge in [-0.05, 0) is 31.2 Å². The Morgan fingerprint density at radius 1 is 1.41 bits per heavy atom. The highest BCUT2D eigenvalue weighted by molar-refractivity contribution is 9.10. The van der Waals surface area contributed by atoms with E-state index in [0.717, 1.165) is 4.47 Å². The summed E-state index contributed by atoms with van der Waals surface area (Å²) >= 11 is 3.36. The average Bonchev–Trinajstić information content (AvgIpc) is 2.24. The number of rotatable bonds is 5. The monoisotopic (exact) mass is 302 g/mol. The van der Waals surface area contributed by atoms with E-state index in [1.54, 1.807) is 6.07 Å². The molecule has 0 spiro atoms. The van der Waals surface area contributed by atoms with Crippen molar-refractivity contribution in [3.63, 3.8) is 0 Å². The fourth-order valence-electron chi connectivity index (χ4n) is 2.01. The van der Waals surface area contributed by atoms with Crippen molar-refractivity contribution in [3.05, 3.63) is 34.1 Å². The minimum absolute atomic E-state index is 0.167. The molecule has 0 bridgehead atoms. The van der Waals surface area contributed by atoms with Gasteiger partial charge in [0.25, 0.3) is 0 Å². The summed E-state index contributed by atoms with van der Waals surface area (Å²) in [5, 5.41) is 0. The Morgan fingerprint density at radius 3 is 2.59 bits per heavy atom. The second kappa shape index (κ2) is 6.47. The third-order valence-electron chi connectivity index (χ3n) is 3.00. The van der Waals surface area contributed by atoms with Crippen LogP contribution in [0, 0.1) is 11.7 Å². The second-order valence-electron chi connectivity index (χ2n) is 4.70. The van der Waals surface area contributed by atoms with Crippen LogP contribution in [0.1, 0.15) is 19.4 Å². The maximum absolute atomic E-state index is 13.6. The maximum atomic E-state index is 13.6. The van der Waals surface area contributed by atoms with E-state index in [4.69, 9.17) is 5.73 Å². The van der Waals surface area contributed by atoms with Crippen molar-refractivity contribution in [3.8, 4) is 0 Å². The molecule has 17 heavy (non-hydrogen) atoms. The Morgan fingerprint density at radius 2 is 2.06 bits per heavy atom. The van der Waals surface area contributed by atoms with Crippen LogP contribution in [0.4, 0.5) is 4.39 Å². The van der Waals surface area contributed by atoms with Gasteiger partial charge in [-0.25, -0.2) is 4.39 Å². The molecule has 0 aliphatic rings. The minimum atomic E-state index is -0.167. The molecule has 0 fully saturated rings. The van der Waals surface area contributed by atoms with Gasteiger partial charge < -0.3 is 5.73 Å². The zero-order valence-electron chi connectivity index (χ0n) is 10.6. The van der Waals surface area contributed by atoms with E-state index in [2.05, 4.69) is 34.7 Å². The molecule has 0 amide bonds. The standard InChI is InChI=1S/C13H20BrFN2/c1-9(2)13(7-16)17(3)8-10-6-11(14)4-5-12(10)15/h4-6,9,13H,7-8,16H2,1-3H3. The normalized spacial score (nSPS) is 13.4. The Labute approximate surface area is 111 Å².